The summed E-state index contributed by atoms with van der Waals surface area (Å²) in [4.78, 5) is 11.5. The Morgan fingerprint density at radius 1 is 1.40 bits per heavy atom. The summed E-state index contributed by atoms with van der Waals surface area (Å²) >= 11 is 0. The number of hydrogen-bond donors (Lipinski definition) is 2. The largest absolute Gasteiger partial charge is 0.389 e. The van der Waals surface area contributed by atoms with E-state index in [-0.39, 0.29) is 6.54 Å². The number of hydrogen-bond acceptors (Lipinski definition) is 2. The molecule has 0 saturated carbocycles. The normalized spacial score (nSPS) is 10.7. The van der Waals surface area contributed by atoms with Crippen molar-refractivity contribution in [2.45, 2.75) is 25.9 Å². The maximum Gasteiger partial charge on any atom is 0.389 e. The molecule has 0 aliphatic carbocycles. The Hall–Kier alpha value is -2.00. The van der Waals surface area contributed by atoms with E-state index in [9.17, 15) is 18.0 Å². The summed E-state index contributed by atoms with van der Waals surface area (Å²) in [5, 5.41) is 2.45. The predicted octanol–water partition coefficient (Wildman–Crippen LogP) is 2.59. The van der Waals surface area contributed by atoms with Gasteiger partial charge in [0.2, 0.25) is 5.91 Å². The maximum atomic E-state index is 12.0. The van der Waals surface area contributed by atoms with E-state index in [0.29, 0.717) is 11.3 Å². The van der Waals surface area contributed by atoms with E-state index in [4.69, 9.17) is 5.73 Å². The zero-order valence-corrected chi connectivity index (χ0v) is 11.0. The van der Waals surface area contributed by atoms with Crippen LogP contribution in [0, 0.1) is 18.8 Å². The van der Waals surface area contributed by atoms with E-state index >= 15 is 0 Å². The van der Waals surface area contributed by atoms with Crippen molar-refractivity contribution < 1.29 is 18.0 Å². The van der Waals surface area contributed by atoms with Gasteiger partial charge in [0.25, 0.3) is 0 Å². The molecule has 1 amide bonds. The fraction of sp³-hybridized carbons (Fsp3) is 0.357. The van der Waals surface area contributed by atoms with Gasteiger partial charge in [0.05, 0.1) is 18.7 Å². The molecule has 0 heterocycles. The first kappa shape index (κ1) is 16.1. The Balaban J connectivity index is 2.80. The van der Waals surface area contributed by atoms with Crippen LogP contribution < -0.4 is 11.1 Å². The van der Waals surface area contributed by atoms with Gasteiger partial charge in [-0.1, -0.05) is 17.9 Å². The molecule has 0 atom stereocenters. The molecule has 0 bridgehead atoms. The maximum absolute atomic E-state index is 12.0. The Morgan fingerprint density at radius 2 is 2.10 bits per heavy atom. The number of anilines is 1. The number of halogens is 3. The summed E-state index contributed by atoms with van der Waals surface area (Å²) < 4.78 is 36.1. The van der Waals surface area contributed by atoms with E-state index in [0.717, 1.165) is 5.56 Å². The number of alkyl halides is 3. The molecule has 1 aromatic rings. The second-order valence-electron chi connectivity index (χ2n) is 4.22. The lowest BCUT2D eigenvalue weighted by Crippen LogP contribution is -2.17. The van der Waals surface area contributed by atoms with Crippen LogP contribution in [0.2, 0.25) is 0 Å². The molecule has 0 aromatic heterocycles. The molecule has 0 aliphatic rings. The molecule has 1 rings (SSSR count). The van der Waals surface area contributed by atoms with Gasteiger partial charge in [0.1, 0.15) is 0 Å². The van der Waals surface area contributed by atoms with Crippen LogP contribution in [-0.2, 0) is 4.79 Å². The van der Waals surface area contributed by atoms with E-state index < -0.39 is 24.9 Å². The monoisotopic (exact) mass is 284 g/mol. The molecule has 0 aliphatic heterocycles. The first-order chi connectivity index (χ1) is 9.31. The van der Waals surface area contributed by atoms with Crippen molar-refractivity contribution in [3.05, 3.63) is 29.3 Å². The number of amides is 1. The van der Waals surface area contributed by atoms with E-state index in [1.54, 1.807) is 18.2 Å². The van der Waals surface area contributed by atoms with Gasteiger partial charge in [-0.05, 0) is 24.6 Å². The summed E-state index contributed by atoms with van der Waals surface area (Å²) in [5.74, 6) is 4.72. The average molecular weight is 284 g/mol. The van der Waals surface area contributed by atoms with Crippen LogP contribution in [0.1, 0.15) is 24.0 Å². The molecular formula is C14H15F3N2O. The number of benzene rings is 1. The molecular weight excluding hydrogens is 269 g/mol. The number of carbonyl (C=O) groups is 1. The van der Waals surface area contributed by atoms with Gasteiger partial charge < -0.3 is 11.1 Å². The first-order valence-corrected chi connectivity index (χ1v) is 5.98. The van der Waals surface area contributed by atoms with Crippen LogP contribution in [0.15, 0.2) is 18.2 Å². The van der Waals surface area contributed by atoms with Gasteiger partial charge in [-0.15, -0.1) is 0 Å². The zero-order chi connectivity index (χ0) is 15.2. The summed E-state index contributed by atoms with van der Waals surface area (Å²) in [5.41, 5.74) is 7.07. The number of carbonyl (C=O) groups excluding carboxylic acids is 1. The Morgan fingerprint density at radius 3 is 2.70 bits per heavy atom. The highest BCUT2D eigenvalue weighted by Crippen LogP contribution is 2.22. The van der Waals surface area contributed by atoms with Crippen LogP contribution in [0.5, 0.6) is 0 Å². The number of rotatable bonds is 3. The minimum Gasteiger partial charge on any atom is -0.325 e. The van der Waals surface area contributed by atoms with Crippen LogP contribution in [0.4, 0.5) is 18.9 Å². The van der Waals surface area contributed by atoms with Gasteiger partial charge in [-0.3, -0.25) is 4.79 Å². The topological polar surface area (TPSA) is 55.1 Å². The molecule has 0 radical (unpaired) electrons. The minimum atomic E-state index is -4.34. The van der Waals surface area contributed by atoms with Gasteiger partial charge >= 0.3 is 6.18 Å². The molecule has 20 heavy (non-hydrogen) atoms. The first-order valence-electron chi connectivity index (χ1n) is 5.98. The molecule has 3 nitrogen and oxygen atoms in total. The van der Waals surface area contributed by atoms with Crippen molar-refractivity contribution in [3.8, 4) is 11.8 Å². The second-order valence-corrected chi connectivity index (χ2v) is 4.22. The van der Waals surface area contributed by atoms with Crippen molar-refractivity contribution in [1.82, 2.24) is 0 Å². The third-order valence-corrected chi connectivity index (χ3v) is 2.41. The molecule has 6 heteroatoms. The van der Waals surface area contributed by atoms with Gasteiger partial charge in [-0.25, -0.2) is 0 Å². The van der Waals surface area contributed by atoms with Gasteiger partial charge in [0, 0.05) is 12.0 Å². The fourth-order valence-electron chi connectivity index (χ4n) is 1.48. The van der Waals surface area contributed by atoms with E-state index in [1.807, 2.05) is 6.92 Å². The van der Waals surface area contributed by atoms with E-state index in [1.165, 1.54) is 0 Å². The van der Waals surface area contributed by atoms with Gasteiger partial charge in [0.15, 0.2) is 0 Å². The lowest BCUT2D eigenvalue weighted by atomic mass is 10.1. The SMILES string of the molecule is Cc1ccc(C#CCN)c(NC(=O)CCC(F)(F)F)c1. The van der Waals surface area contributed by atoms with E-state index in [2.05, 4.69) is 17.2 Å². The Kier molecular flexibility index (Phi) is 5.59. The van der Waals surface area contributed by atoms with Crippen LogP contribution in [0.3, 0.4) is 0 Å². The zero-order valence-electron chi connectivity index (χ0n) is 11.0. The molecule has 0 saturated heterocycles. The van der Waals surface area contributed by atoms with Crippen molar-refractivity contribution >= 4 is 11.6 Å². The minimum absolute atomic E-state index is 0.162. The molecule has 1 aromatic carbocycles. The highest BCUT2D eigenvalue weighted by Gasteiger charge is 2.27. The van der Waals surface area contributed by atoms with Crippen LogP contribution >= 0.6 is 0 Å². The number of nitrogens with one attached hydrogen (secondary N) is 1. The second kappa shape index (κ2) is 6.96. The summed E-state index contributed by atoms with van der Waals surface area (Å²) in [7, 11) is 0. The molecule has 3 N–H and O–H groups in total. The summed E-state index contributed by atoms with van der Waals surface area (Å²) in [6, 6.07) is 5.15. The summed E-state index contributed by atoms with van der Waals surface area (Å²) in [6.45, 7) is 1.97. The van der Waals surface area contributed by atoms with Crippen molar-refractivity contribution in [1.29, 1.82) is 0 Å². The van der Waals surface area contributed by atoms with Crippen molar-refractivity contribution in [3.63, 3.8) is 0 Å². The van der Waals surface area contributed by atoms with Crippen LogP contribution in [-0.4, -0.2) is 18.6 Å². The lowest BCUT2D eigenvalue weighted by molar-refractivity contribution is -0.142. The Labute approximate surface area is 115 Å². The third kappa shape index (κ3) is 5.76. The van der Waals surface area contributed by atoms with Crippen molar-refractivity contribution in [2.24, 2.45) is 5.73 Å². The summed E-state index contributed by atoms with van der Waals surface area (Å²) in [6.07, 6.45) is -6.10. The highest BCUT2D eigenvalue weighted by molar-refractivity contribution is 5.92. The number of aryl methyl sites for hydroxylation is 1. The smallest absolute Gasteiger partial charge is 0.325 e. The molecule has 0 spiro atoms. The standard InChI is InChI=1S/C14H15F3N2O/c1-10-4-5-11(3-2-8-18)12(9-10)19-13(20)6-7-14(15,16)17/h4-5,9H,6-8,18H2,1H3,(H,19,20). The quantitative estimate of drug-likeness (QED) is 0.838. The van der Waals surface area contributed by atoms with Crippen molar-refractivity contribution in [2.75, 3.05) is 11.9 Å². The Bertz CT molecular complexity index is 542. The van der Waals surface area contributed by atoms with Crippen LogP contribution in [0.25, 0.3) is 0 Å². The average Bonchev–Trinajstić information content (AvgIpc) is 2.35. The molecule has 0 fully saturated rings. The lowest BCUT2D eigenvalue weighted by Gasteiger charge is -2.10. The molecule has 0 unspecified atom stereocenters. The molecule has 108 valence electrons. The highest BCUT2D eigenvalue weighted by atomic mass is 19.4. The third-order valence-electron chi connectivity index (χ3n) is 2.41. The predicted molar refractivity (Wildman–Crippen MR) is 71.0 cm³/mol. The number of nitrogens with two attached hydrogens (primary N) is 1. The fourth-order valence-corrected chi connectivity index (χ4v) is 1.48. The van der Waals surface area contributed by atoms with Gasteiger partial charge in [-0.2, -0.15) is 13.2 Å².